The summed E-state index contributed by atoms with van der Waals surface area (Å²) >= 11 is 0. The Morgan fingerprint density at radius 1 is 0.885 bits per heavy atom. The van der Waals surface area contributed by atoms with Gasteiger partial charge in [0.25, 0.3) is 0 Å². The molecular formula is C18H24O8. The monoisotopic (exact) mass is 368 g/mol. The van der Waals surface area contributed by atoms with Gasteiger partial charge >= 0.3 is 23.9 Å². The quantitative estimate of drug-likeness (QED) is 0.574. The predicted molar refractivity (Wildman–Crippen MR) is 92.8 cm³/mol. The molecular weight excluding hydrogens is 344 g/mol. The first-order valence-corrected chi connectivity index (χ1v) is 7.95. The Balaban J connectivity index is 0.000000541. The van der Waals surface area contributed by atoms with Gasteiger partial charge in [-0.2, -0.15) is 0 Å². The van der Waals surface area contributed by atoms with E-state index in [4.69, 9.17) is 20.4 Å². The summed E-state index contributed by atoms with van der Waals surface area (Å²) in [7, 11) is 0. The van der Waals surface area contributed by atoms with Gasteiger partial charge in [0.1, 0.15) is 0 Å². The largest absolute Gasteiger partial charge is 0.481 e. The Hall–Kier alpha value is -2.90. The van der Waals surface area contributed by atoms with Crippen molar-refractivity contribution in [2.75, 3.05) is 0 Å². The Bertz CT molecular complexity index is 703. The summed E-state index contributed by atoms with van der Waals surface area (Å²) in [5.74, 6) is -4.55. The number of aromatic carboxylic acids is 2. The molecule has 8 heteroatoms. The van der Waals surface area contributed by atoms with Crippen molar-refractivity contribution in [2.24, 2.45) is 5.41 Å². The molecule has 8 nitrogen and oxygen atoms in total. The zero-order valence-electron chi connectivity index (χ0n) is 15.2. The minimum atomic E-state index is -1.20. The van der Waals surface area contributed by atoms with Gasteiger partial charge in [-0.15, -0.1) is 0 Å². The predicted octanol–water partition coefficient (Wildman–Crippen LogP) is 2.78. The number of carboxylic acids is 4. The lowest BCUT2D eigenvalue weighted by molar-refractivity contribution is -0.153. The fourth-order valence-electron chi connectivity index (χ4n) is 2.30. The molecule has 0 saturated carbocycles. The third kappa shape index (κ3) is 6.19. The number of benzene rings is 1. The van der Waals surface area contributed by atoms with Gasteiger partial charge < -0.3 is 20.4 Å². The van der Waals surface area contributed by atoms with E-state index in [1.54, 1.807) is 6.07 Å². The molecule has 26 heavy (non-hydrogen) atoms. The van der Waals surface area contributed by atoms with Crippen molar-refractivity contribution in [1.82, 2.24) is 0 Å². The molecule has 0 atom stereocenters. The molecule has 4 N–H and O–H groups in total. The first-order valence-electron chi connectivity index (χ1n) is 7.95. The van der Waals surface area contributed by atoms with E-state index in [0.29, 0.717) is 18.4 Å². The second-order valence-electron chi connectivity index (χ2n) is 6.20. The van der Waals surface area contributed by atoms with Crippen molar-refractivity contribution < 1.29 is 39.6 Å². The van der Waals surface area contributed by atoms with Crippen LogP contribution in [0.5, 0.6) is 0 Å². The highest BCUT2D eigenvalue weighted by Gasteiger charge is 2.29. The average Bonchev–Trinajstić information content (AvgIpc) is 2.52. The highest BCUT2D eigenvalue weighted by atomic mass is 16.4. The molecule has 0 aromatic heterocycles. The standard InChI is InChI=1S/C12H14O4.C6H10O4/c1-3-7-5-6-9(11(13)14)10(12(15)16)8(7)4-2;1-6(2,5(9)10)3-4(7)8/h5-6H,3-4H2,1-2H3,(H,13,14)(H,15,16);3H2,1-2H3,(H,7,8)(H,9,10). The highest BCUT2D eigenvalue weighted by molar-refractivity contribution is 6.03. The summed E-state index contributed by atoms with van der Waals surface area (Å²) in [6, 6.07) is 3.05. The Morgan fingerprint density at radius 3 is 1.69 bits per heavy atom. The van der Waals surface area contributed by atoms with E-state index in [2.05, 4.69) is 0 Å². The van der Waals surface area contributed by atoms with Crippen LogP contribution >= 0.6 is 0 Å². The third-order valence-electron chi connectivity index (χ3n) is 3.76. The summed E-state index contributed by atoms with van der Waals surface area (Å²) < 4.78 is 0. The molecule has 1 rings (SSSR count). The van der Waals surface area contributed by atoms with Crippen LogP contribution in [0.4, 0.5) is 0 Å². The number of carbonyl (C=O) groups is 4. The van der Waals surface area contributed by atoms with Gasteiger partial charge in [0.15, 0.2) is 0 Å². The molecule has 0 aliphatic heterocycles. The SMILES string of the molecule is CC(C)(CC(=O)O)C(=O)O.CCc1ccc(C(=O)O)c(C(=O)O)c1CC. The van der Waals surface area contributed by atoms with Gasteiger partial charge in [0, 0.05) is 0 Å². The summed E-state index contributed by atoms with van der Waals surface area (Å²) in [5.41, 5.74) is 0.141. The number of aliphatic carboxylic acids is 2. The van der Waals surface area contributed by atoms with Crippen LogP contribution in [0.15, 0.2) is 12.1 Å². The van der Waals surface area contributed by atoms with Gasteiger partial charge in [0.05, 0.1) is 23.0 Å². The van der Waals surface area contributed by atoms with Crippen LogP contribution in [0.2, 0.25) is 0 Å². The van der Waals surface area contributed by atoms with E-state index in [9.17, 15) is 19.2 Å². The molecule has 0 heterocycles. The van der Waals surface area contributed by atoms with Gasteiger partial charge in [-0.25, -0.2) is 9.59 Å². The molecule has 0 unspecified atom stereocenters. The maximum atomic E-state index is 11.1. The van der Waals surface area contributed by atoms with Gasteiger partial charge in [-0.1, -0.05) is 19.9 Å². The van der Waals surface area contributed by atoms with E-state index in [1.165, 1.54) is 19.9 Å². The maximum Gasteiger partial charge on any atom is 0.336 e. The van der Waals surface area contributed by atoms with E-state index in [0.717, 1.165) is 5.56 Å². The number of hydrogen-bond acceptors (Lipinski definition) is 4. The molecule has 0 bridgehead atoms. The van der Waals surface area contributed by atoms with Gasteiger partial charge in [-0.05, 0) is 43.9 Å². The van der Waals surface area contributed by atoms with Crippen LogP contribution in [0.3, 0.4) is 0 Å². The molecule has 1 aromatic rings. The number of carboxylic acid groups (broad SMARTS) is 4. The molecule has 0 amide bonds. The minimum absolute atomic E-state index is 0.0747. The fraction of sp³-hybridized carbons (Fsp3) is 0.444. The topological polar surface area (TPSA) is 149 Å². The van der Waals surface area contributed by atoms with E-state index in [-0.39, 0.29) is 17.5 Å². The number of hydrogen-bond donors (Lipinski definition) is 4. The Labute approximate surface area is 151 Å². The van der Waals surface area contributed by atoms with Crippen molar-refractivity contribution in [2.45, 2.75) is 47.0 Å². The normalized spacial score (nSPS) is 10.5. The molecule has 0 radical (unpaired) electrons. The average molecular weight is 368 g/mol. The molecule has 1 aromatic carbocycles. The lowest BCUT2D eigenvalue weighted by Gasteiger charge is -2.14. The van der Waals surface area contributed by atoms with E-state index >= 15 is 0 Å². The van der Waals surface area contributed by atoms with E-state index < -0.39 is 29.3 Å². The Morgan fingerprint density at radius 2 is 1.42 bits per heavy atom. The number of aryl methyl sites for hydroxylation is 1. The molecule has 144 valence electrons. The summed E-state index contributed by atoms with van der Waals surface area (Å²) in [6.07, 6.45) is 0.873. The van der Waals surface area contributed by atoms with Crippen molar-refractivity contribution in [3.63, 3.8) is 0 Å². The first-order chi connectivity index (χ1) is 11.9. The van der Waals surface area contributed by atoms with E-state index in [1.807, 2.05) is 13.8 Å². The molecule has 0 aliphatic carbocycles. The summed E-state index contributed by atoms with van der Waals surface area (Å²) in [4.78, 5) is 42.4. The highest BCUT2D eigenvalue weighted by Crippen LogP contribution is 2.21. The lowest BCUT2D eigenvalue weighted by atomic mass is 9.90. The Kier molecular flexibility index (Phi) is 8.48. The van der Waals surface area contributed by atoms with Crippen LogP contribution in [0, 0.1) is 5.41 Å². The van der Waals surface area contributed by atoms with Gasteiger partial charge in [0.2, 0.25) is 0 Å². The van der Waals surface area contributed by atoms with Crippen molar-refractivity contribution in [3.05, 3.63) is 34.4 Å². The molecule has 0 spiro atoms. The van der Waals surface area contributed by atoms with Crippen molar-refractivity contribution in [1.29, 1.82) is 0 Å². The van der Waals surface area contributed by atoms with Crippen LogP contribution in [0.1, 0.15) is 66.0 Å². The van der Waals surface area contributed by atoms with Crippen molar-refractivity contribution >= 4 is 23.9 Å². The van der Waals surface area contributed by atoms with Crippen molar-refractivity contribution in [3.8, 4) is 0 Å². The number of rotatable bonds is 7. The fourth-order valence-corrected chi connectivity index (χ4v) is 2.30. The zero-order valence-corrected chi connectivity index (χ0v) is 15.2. The maximum absolute atomic E-state index is 11.1. The van der Waals surface area contributed by atoms with Crippen LogP contribution in [0.25, 0.3) is 0 Å². The molecule has 0 aliphatic rings. The summed E-state index contributed by atoms with van der Waals surface area (Å²) in [6.45, 7) is 6.50. The first kappa shape index (κ1) is 23.1. The van der Waals surface area contributed by atoms with Crippen LogP contribution in [-0.2, 0) is 22.4 Å². The molecule has 0 saturated heterocycles. The third-order valence-corrected chi connectivity index (χ3v) is 3.76. The lowest BCUT2D eigenvalue weighted by Crippen LogP contribution is -2.26. The zero-order chi connectivity index (χ0) is 20.7. The van der Waals surface area contributed by atoms with Gasteiger partial charge in [-0.3, -0.25) is 9.59 Å². The minimum Gasteiger partial charge on any atom is -0.481 e. The molecule has 0 fully saturated rings. The smallest absolute Gasteiger partial charge is 0.336 e. The van der Waals surface area contributed by atoms with Crippen LogP contribution in [-0.4, -0.2) is 44.3 Å². The second-order valence-corrected chi connectivity index (χ2v) is 6.20. The van der Waals surface area contributed by atoms with Crippen LogP contribution < -0.4 is 0 Å². The second kappa shape index (κ2) is 9.55. The summed E-state index contributed by atoms with van der Waals surface area (Å²) in [5, 5.41) is 34.7.